The maximum atomic E-state index is 12.5. The predicted octanol–water partition coefficient (Wildman–Crippen LogP) is 0.398. The van der Waals surface area contributed by atoms with Crippen LogP contribution in [0.2, 0.25) is 0 Å². The highest BCUT2D eigenvalue weighted by Crippen LogP contribution is 2.20. The van der Waals surface area contributed by atoms with Crippen molar-refractivity contribution in [2.24, 2.45) is 0 Å². The van der Waals surface area contributed by atoms with Crippen molar-refractivity contribution in [3.8, 4) is 0 Å². The van der Waals surface area contributed by atoms with Gasteiger partial charge in [-0.1, -0.05) is 12.1 Å². The van der Waals surface area contributed by atoms with E-state index in [0.29, 0.717) is 12.1 Å². The normalized spacial score (nSPS) is 20.5. The van der Waals surface area contributed by atoms with Gasteiger partial charge in [0.1, 0.15) is 6.04 Å². The molecule has 1 aromatic carbocycles. The summed E-state index contributed by atoms with van der Waals surface area (Å²) in [5.74, 6) is -0.431. The van der Waals surface area contributed by atoms with Crippen molar-refractivity contribution in [1.82, 2.24) is 9.62 Å². The molecule has 1 unspecified atom stereocenters. The van der Waals surface area contributed by atoms with Crippen molar-refractivity contribution in [1.29, 1.82) is 0 Å². The fourth-order valence-electron chi connectivity index (χ4n) is 2.09. The van der Waals surface area contributed by atoms with Gasteiger partial charge < -0.3 is 5.32 Å². The van der Waals surface area contributed by atoms with Crippen molar-refractivity contribution >= 4 is 21.7 Å². The van der Waals surface area contributed by atoms with Crippen molar-refractivity contribution < 1.29 is 18.0 Å². The van der Waals surface area contributed by atoms with Crippen LogP contribution in [0.4, 0.5) is 0 Å². The molecule has 7 heteroatoms. The second-order valence-electron chi connectivity index (χ2n) is 4.66. The van der Waals surface area contributed by atoms with Gasteiger partial charge in [-0.05, 0) is 26.0 Å². The minimum Gasteiger partial charge on any atom is -0.353 e. The highest BCUT2D eigenvalue weighted by Gasteiger charge is 2.35. The molecule has 1 aliphatic heterocycles. The van der Waals surface area contributed by atoms with E-state index >= 15 is 0 Å². The van der Waals surface area contributed by atoms with Crippen LogP contribution in [0, 0.1) is 0 Å². The largest absolute Gasteiger partial charge is 0.353 e. The van der Waals surface area contributed by atoms with E-state index in [9.17, 15) is 18.0 Å². The SMILES string of the molecule is CC(=O)c1ccc(S(=O)(=O)N2CCNC(=O)C2C)cc1. The molecule has 1 N–H and O–H groups in total. The molecule has 2 rings (SSSR count). The molecule has 0 spiro atoms. The number of carbonyl (C=O) groups is 2. The Morgan fingerprint density at radius 2 is 1.90 bits per heavy atom. The van der Waals surface area contributed by atoms with Crippen LogP contribution in [0.5, 0.6) is 0 Å². The lowest BCUT2D eigenvalue weighted by atomic mass is 10.2. The van der Waals surface area contributed by atoms with E-state index in [1.165, 1.54) is 35.5 Å². The third-order valence-corrected chi connectivity index (χ3v) is 5.29. The first-order chi connectivity index (χ1) is 9.34. The highest BCUT2D eigenvalue weighted by molar-refractivity contribution is 7.89. The third kappa shape index (κ3) is 2.59. The zero-order valence-electron chi connectivity index (χ0n) is 11.3. The lowest BCUT2D eigenvalue weighted by Crippen LogP contribution is -2.55. The predicted molar refractivity (Wildman–Crippen MR) is 72.8 cm³/mol. The average molecular weight is 296 g/mol. The molecule has 20 heavy (non-hydrogen) atoms. The average Bonchev–Trinajstić information content (AvgIpc) is 2.41. The number of piperazine rings is 1. The quantitative estimate of drug-likeness (QED) is 0.818. The van der Waals surface area contributed by atoms with E-state index in [-0.39, 0.29) is 23.1 Å². The number of carbonyl (C=O) groups excluding carboxylic acids is 2. The van der Waals surface area contributed by atoms with Gasteiger partial charge >= 0.3 is 0 Å². The number of hydrogen-bond donors (Lipinski definition) is 1. The lowest BCUT2D eigenvalue weighted by Gasteiger charge is -2.31. The van der Waals surface area contributed by atoms with Crippen LogP contribution in [0.3, 0.4) is 0 Å². The Hall–Kier alpha value is -1.73. The first-order valence-corrected chi connectivity index (χ1v) is 7.68. The number of benzene rings is 1. The van der Waals surface area contributed by atoms with Crippen LogP contribution in [0.15, 0.2) is 29.2 Å². The van der Waals surface area contributed by atoms with E-state index in [0.717, 1.165) is 0 Å². The second kappa shape index (κ2) is 5.34. The summed E-state index contributed by atoms with van der Waals surface area (Å²) in [6.45, 7) is 3.51. The molecular weight excluding hydrogens is 280 g/mol. The van der Waals surface area contributed by atoms with Crippen LogP contribution in [0.25, 0.3) is 0 Å². The van der Waals surface area contributed by atoms with Gasteiger partial charge in [-0.15, -0.1) is 0 Å². The van der Waals surface area contributed by atoms with E-state index in [1.54, 1.807) is 6.92 Å². The van der Waals surface area contributed by atoms with E-state index < -0.39 is 16.1 Å². The van der Waals surface area contributed by atoms with Crippen molar-refractivity contribution in [3.05, 3.63) is 29.8 Å². The van der Waals surface area contributed by atoms with Gasteiger partial charge in [0.05, 0.1) is 4.90 Å². The summed E-state index contributed by atoms with van der Waals surface area (Å²) in [6.07, 6.45) is 0. The Labute approximate surface area is 117 Å². The summed E-state index contributed by atoms with van der Waals surface area (Å²) < 4.78 is 26.1. The molecule has 1 atom stereocenters. The van der Waals surface area contributed by atoms with Gasteiger partial charge in [-0.2, -0.15) is 4.31 Å². The molecule has 1 saturated heterocycles. The standard InChI is InChI=1S/C13H16N2O4S/c1-9-13(17)14-7-8-15(9)20(18,19)12-5-3-11(4-6-12)10(2)16/h3-6,9H,7-8H2,1-2H3,(H,14,17). The maximum Gasteiger partial charge on any atom is 0.243 e. The Bertz CT molecular complexity index is 637. The van der Waals surface area contributed by atoms with Gasteiger partial charge in [-0.3, -0.25) is 9.59 Å². The van der Waals surface area contributed by atoms with E-state index in [1.807, 2.05) is 0 Å². The molecule has 0 saturated carbocycles. The molecule has 1 amide bonds. The molecule has 1 aliphatic rings. The third-order valence-electron chi connectivity index (χ3n) is 3.31. The molecule has 0 aromatic heterocycles. The molecule has 1 heterocycles. The van der Waals surface area contributed by atoms with Crippen molar-refractivity contribution in [2.75, 3.05) is 13.1 Å². The smallest absolute Gasteiger partial charge is 0.243 e. The molecule has 6 nitrogen and oxygen atoms in total. The number of ketones is 1. The zero-order chi connectivity index (χ0) is 14.9. The molecule has 108 valence electrons. The summed E-state index contributed by atoms with van der Waals surface area (Å²) in [5, 5.41) is 2.62. The Kier molecular flexibility index (Phi) is 3.92. The molecule has 1 aromatic rings. The number of Topliss-reactive ketones (excluding diaryl/α,β-unsaturated/α-hetero) is 1. The second-order valence-corrected chi connectivity index (χ2v) is 6.55. The minimum absolute atomic E-state index is 0.0871. The van der Waals surface area contributed by atoms with Gasteiger partial charge in [0.15, 0.2) is 5.78 Å². The first-order valence-electron chi connectivity index (χ1n) is 6.24. The minimum atomic E-state index is -3.73. The molecule has 0 bridgehead atoms. The van der Waals surface area contributed by atoms with Crippen molar-refractivity contribution in [3.63, 3.8) is 0 Å². The fourth-order valence-corrected chi connectivity index (χ4v) is 3.68. The Morgan fingerprint density at radius 1 is 1.30 bits per heavy atom. The summed E-state index contributed by atoms with van der Waals surface area (Å²) in [5.41, 5.74) is 0.452. The monoisotopic (exact) mass is 296 g/mol. The number of nitrogens with zero attached hydrogens (tertiary/aromatic N) is 1. The molecule has 1 fully saturated rings. The molecular formula is C13H16N2O4S. The lowest BCUT2D eigenvalue weighted by molar-refractivity contribution is -0.126. The highest BCUT2D eigenvalue weighted by atomic mass is 32.2. The van der Waals surface area contributed by atoms with Gasteiger partial charge in [0.2, 0.25) is 15.9 Å². The summed E-state index contributed by atoms with van der Waals surface area (Å²) in [7, 11) is -3.73. The topological polar surface area (TPSA) is 83.6 Å². The maximum absolute atomic E-state index is 12.5. The zero-order valence-corrected chi connectivity index (χ0v) is 12.1. The van der Waals surface area contributed by atoms with Crippen LogP contribution in [0.1, 0.15) is 24.2 Å². The number of hydrogen-bond acceptors (Lipinski definition) is 4. The first kappa shape index (κ1) is 14.7. The van der Waals surface area contributed by atoms with Gasteiger partial charge in [0.25, 0.3) is 0 Å². The number of nitrogens with one attached hydrogen (secondary N) is 1. The van der Waals surface area contributed by atoms with E-state index in [2.05, 4.69) is 5.32 Å². The summed E-state index contributed by atoms with van der Waals surface area (Å²) in [6, 6.07) is 5.01. The van der Waals surface area contributed by atoms with E-state index in [4.69, 9.17) is 0 Å². The summed E-state index contributed by atoms with van der Waals surface area (Å²) in [4.78, 5) is 22.8. The number of rotatable bonds is 3. The van der Waals surface area contributed by atoms with Gasteiger partial charge in [-0.25, -0.2) is 8.42 Å². The Morgan fingerprint density at radius 3 is 2.45 bits per heavy atom. The summed E-state index contributed by atoms with van der Waals surface area (Å²) >= 11 is 0. The van der Waals surface area contributed by atoms with Gasteiger partial charge in [0, 0.05) is 18.7 Å². The van der Waals surface area contributed by atoms with Crippen molar-refractivity contribution in [2.45, 2.75) is 24.8 Å². The fraction of sp³-hybridized carbons (Fsp3) is 0.385. The van der Waals surface area contributed by atoms with Crippen LogP contribution in [-0.2, 0) is 14.8 Å². The Balaban J connectivity index is 2.34. The number of amides is 1. The van der Waals surface area contributed by atoms with Crippen LogP contribution >= 0.6 is 0 Å². The van der Waals surface area contributed by atoms with Crippen LogP contribution < -0.4 is 5.32 Å². The van der Waals surface area contributed by atoms with Crippen LogP contribution in [-0.4, -0.2) is 43.5 Å². The molecule has 0 aliphatic carbocycles. The molecule has 0 radical (unpaired) electrons. The number of sulfonamides is 1.